The number of amides is 2. The summed E-state index contributed by atoms with van der Waals surface area (Å²) in [5, 5.41) is 0. The normalized spacial score (nSPS) is 14.1. The van der Waals surface area contributed by atoms with Gasteiger partial charge in [-0.15, -0.1) is 6.58 Å². The number of carbonyl (C=O) groups is 2. The van der Waals surface area contributed by atoms with Gasteiger partial charge in [0.25, 0.3) is 11.8 Å². The third-order valence-corrected chi connectivity index (χ3v) is 2.50. The molecule has 7 heteroatoms. The lowest BCUT2D eigenvalue weighted by atomic mass is 10.1. The molecule has 18 heavy (non-hydrogen) atoms. The summed E-state index contributed by atoms with van der Waals surface area (Å²) in [5.74, 6) is -10.4. The molecule has 0 aliphatic carbocycles. The van der Waals surface area contributed by atoms with E-state index in [1.54, 1.807) is 0 Å². The number of hydrogen-bond acceptors (Lipinski definition) is 2. The van der Waals surface area contributed by atoms with Crippen LogP contribution in [0.5, 0.6) is 0 Å². The highest BCUT2D eigenvalue weighted by molar-refractivity contribution is 6.21. The van der Waals surface area contributed by atoms with Crippen molar-refractivity contribution in [3.05, 3.63) is 47.1 Å². The lowest BCUT2D eigenvalue weighted by Gasteiger charge is -2.09. The van der Waals surface area contributed by atoms with Gasteiger partial charge < -0.3 is 0 Å². The zero-order valence-corrected chi connectivity index (χ0v) is 8.77. The first-order valence-electron chi connectivity index (χ1n) is 4.74. The van der Waals surface area contributed by atoms with Crippen molar-refractivity contribution in [2.75, 3.05) is 6.54 Å². The van der Waals surface area contributed by atoms with E-state index in [9.17, 15) is 27.2 Å². The van der Waals surface area contributed by atoms with Crippen molar-refractivity contribution in [2.45, 2.75) is 0 Å². The highest BCUT2D eigenvalue weighted by Crippen LogP contribution is 2.31. The number of fused-ring (bicyclic) bond motifs is 1. The largest absolute Gasteiger partial charge is 0.270 e. The van der Waals surface area contributed by atoms with Gasteiger partial charge in [0.1, 0.15) is 0 Å². The Labute approximate surface area is 98.3 Å². The molecule has 1 aromatic carbocycles. The van der Waals surface area contributed by atoms with Crippen LogP contribution < -0.4 is 0 Å². The van der Waals surface area contributed by atoms with Crippen molar-refractivity contribution in [2.24, 2.45) is 0 Å². The van der Waals surface area contributed by atoms with Gasteiger partial charge in [-0.05, 0) is 0 Å². The molecule has 1 aliphatic heterocycles. The first-order valence-corrected chi connectivity index (χ1v) is 4.74. The Kier molecular flexibility index (Phi) is 2.68. The summed E-state index contributed by atoms with van der Waals surface area (Å²) in [6, 6.07) is 0. The minimum Gasteiger partial charge on any atom is -0.270 e. The first kappa shape index (κ1) is 12.3. The molecule has 0 saturated carbocycles. The fraction of sp³-hybridized carbons (Fsp3) is 0.0909. The third kappa shape index (κ3) is 1.36. The maximum absolute atomic E-state index is 13.4. The number of nitrogens with zero attached hydrogens (tertiary/aromatic N) is 1. The topological polar surface area (TPSA) is 37.4 Å². The fourth-order valence-electron chi connectivity index (χ4n) is 1.69. The highest BCUT2D eigenvalue weighted by Gasteiger charge is 2.43. The van der Waals surface area contributed by atoms with E-state index in [0.29, 0.717) is 4.90 Å². The number of benzene rings is 1. The molecule has 0 aromatic heterocycles. The molecule has 0 N–H and O–H groups in total. The van der Waals surface area contributed by atoms with Crippen LogP contribution in [0.25, 0.3) is 0 Å². The maximum atomic E-state index is 13.4. The van der Waals surface area contributed by atoms with Gasteiger partial charge in [0, 0.05) is 6.54 Å². The smallest absolute Gasteiger partial charge is 0.265 e. The Balaban J connectivity index is 2.76. The number of imide groups is 1. The van der Waals surface area contributed by atoms with E-state index in [2.05, 4.69) is 6.58 Å². The van der Waals surface area contributed by atoms with E-state index in [-0.39, 0.29) is 6.54 Å². The molecule has 3 nitrogen and oxygen atoms in total. The summed E-state index contributed by atoms with van der Waals surface area (Å²) in [4.78, 5) is 23.6. The monoisotopic (exact) mass is 259 g/mol. The number of halogens is 4. The lowest BCUT2D eigenvalue weighted by Crippen LogP contribution is -2.29. The molecule has 0 fully saturated rings. The Bertz CT molecular complexity index is 550. The van der Waals surface area contributed by atoms with Crippen molar-refractivity contribution < 1.29 is 27.2 Å². The Morgan fingerprint density at radius 1 is 0.889 bits per heavy atom. The van der Waals surface area contributed by atoms with Crippen LogP contribution in [-0.2, 0) is 0 Å². The molecule has 1 aliphatic rings. The quantitative estimate of drug-likeness (QED) is 0.268. The van der Waals surface area contributed by atoms with Gasteiger partial charge in [-0.2, -0.15) is 0 Å². The molecule has 0 saturated heterocycles. The highest BCUT2D eigenvalue weighted by atomic mass is 19.2. The number of rotatable bonds is 2. The zero-order chi connectivity index (χ0) is 13.6. The molecular formula is C11H5F4NO2. The van der Waals surface area contributed by atoms with Crippen LogP contribution in [0.15, 0.2) is 12.7 Å². The SMILES string of the molecule is C=CCN1C(=O)c2c(F)c(F)c(F)c(F)c2C1=O. The number of hydrogen-bond donors (Lipinski definition) is 0. The third-order valence-electron chi connectivity index (χ3n) is 2.50. The summed E-state index contributed by atoms with van der Waals surface area (Å²) >= 11 is 0. The second-order valence-corrected chi connectivity index (χ2v) is 3.52. The van der Waals surface area contributed by atoms with Gasteiger partial charge >= 0.3 is 0 Å². The van der Waals surface area contributed by atoms with Crippen LogP contribution >= 0.6 is 0 Å². The molecule has 2 amide bonds. The lowest BCUT2D eigenvalue weighted by molar-refractivity contribution is 0.0669. The second-order valence-electron chi connectivity index (χ2n) is 3.52. The van der Waals surface area contributed by atoms with E-state index in [1.807, 2.05) is 0 Å². The van der Waals surface area contributed by atoms with Crippen LogP contribution in [0.2, 0.25) is 0 Å². The van der Waals surface area contributed by atoms with E-state index >= 15 is 0 Å². The van der Waals surface area contributed by atoms with Crippen LogP contribution in [0.1, 0.15) is 20.7 Å². The van der Waals surface area contributed by atoms with Gasteiger partial charge in [0.05, 0.1) is 11.1 Å². The van der Waals surface area contributed by atoms with Crippen LogP contribution in [-0.4, -0.2) is 23.3 Å². The maximum Gasteiger partial charge on any atom is 0.265 e. The van der Waals surface area contributed by atoms with Crippen molar-refractivity contribution in [1.29, 1.82) is 0 Å². The summed E-state index contributed by atoms with van der Waals surface area (Å²) in [5.41, 5.74) is -2.17. The zero-order valence-electron chi connectivity index (χ0n) is 8.77. The Hall–Kier alpha value is -2.18. The van der Waals surface area contributed by atoms with Crippen molar-refractivity contribution in [1.82, 2.24) is 4.90 Å². The molecule has 0 unspecified atom stereocenters. The summed E-state index contributed by atoms with van der Waals surface area (Å²) < 4.78 is 52.7. The number of carbonyl (C=O) groups excluding carboxylic acids is 2. The van der Waals surface area contributed by atoms with E-state index in [4.69, 9.17) is 0 Å². The summed E-state index contributed by atoms with van der Waals surface area (Å²) in [6.45, 7) is 2.94. The van der Waals surface area contributed by atoms with Gasteiger partial charge in [0.2, 0.25) is 0 Å². The summed E-state index contributed by atoms with van der Waals surface area (Å²) in [6.07, 6.45) is 1.14. The average molecular weight is 259 g/mol. The first-order chi connectivity index (χ1) is 8.41. The van der Waals surface area contributed by atoms with E-state index in [0.717, 1.165) is 6.08 Å². The van der Waals surface area contributed by atoms with E-state index in [1.165, 1.54) is 0 Å². The minimum absolute atomic E-state index is 0.311. The molecule has 0 atom stereocenters. The molecule has 0 spiro atoms. The van der Waals surface area contributed by atoms with Gasteiger partial charge in [-0.25, -0.2) is 17.6 Å². The standard InChI is InChI=1S/C11H5F4NO2/c1-2-3-16-10(17)4-5(11(16)18)7(13)9(15)8(14)6(4)12/h2H,1,3H2. The van der Waals surface area contributed by atoms with Crippen molar-refractivity contribution in [3.63, 3.8) is 0 Å². The molecular weight excluding hydrogens is 254 g/mol. The molecule has 94 valence electrons. The Morgan fingerprint density at radius 2 is 1.28 bits per heavy atom. The Morgan fingerprint density at radius 3 is 1.61 bits per heavy atom. The molecule has 0 radical (unpaired) electrons. The fourth-order valence-corrected chi connectivity index (χ4v) is 1.69. The van der Waals surface area contributed by atoms with Crippen LogP contribution in [0.4, 0.5) is 17.6 Å². The minimum atomic E-state index is -2.12. The van der Waals surface area contributed by atoms with Gasteiger partial charge in [-0.1, -0.05) is 6.08 Å². The van der Waals surface area contributed by atoms with Crippen LogP contribution in [0.3, 0.4) is 0 Å². The summed E-state index contributed by atoms with van der Waals surface area (Å²) in [7, 11) is 0. The van der Waals surface area contributed by atoms with Crippen molar-refractivity contribution >= 4 is 11.8 Å². The molecule has 1 heterocycles. The second kappa shape index (κ2) is 3.94. The molecule has 1 aromatic rings. The van der Waals surface area contributed by atoms with Crippen molar-refractivity contribution in [3.8, 4) is 0 Å². The predicted octanol–water partition coefficient (Wildman–Crippen LogP) is 2.03. The van der Waals surface area contributed by atoms with Crippen LogP contribution in [0, 0.1) is 23.3 Å². The molecule has 2 rings (SSSR count). The average Bonchev–Trinajstić information content (AvgIpc) is 2.59. The molecule has 0 bridgehead atoms. The van der Waals surface area contributed by atoms with Gasteiger partial charge in [0.15, 0.2) is 23.3 Å². The van der Waals surface area contributed by atoms with E-state index < -0.39 is 46.2 Å². The predicted molar refractivity (Wildman–Crippen MR) is 51.8 cm³/mol. The van der Waals surface area contributed by atoms with Gasteiger partial charge in [-0.3, -0.25) is 14.5 Å².